The molecule has 3 nitrogen and oxygen atoms in total. The molecule has 0 aliphatic carbocycles. The minimum absolute atomic E-state index is 0.850. The van der Waals surface area contributed by atoms with Gasteiger partial charge in [0.1, 0.15) is 0 Å². The number of fused-ring (bicyclic) bond motifs is 6. The molecule has 8 aromatic rings. The van der Waals surface area contributed by atoms with Crippen LogP contribution in [0, 0.1) is 0 Å². The van der Waals surface area contributed by atoms with Gasteiger partial charge in [0.15, 0.2) is 0 Å². The van der Waals surface area contributed by atoms with Crippen molar-refractivity contribution in [3.05, 3.63) is 128 Å². The molecule has 0 fully saturated rings. The van der Waals surface area contributed by atoms with Gasteiger partial charge in [-0.05, 0) is 41.5 Å². The summed E-state index contributed by atoms with van der Waals surface area (Å²) in [5, 5.41) is 4.78. The molecule has 4 heteroatoms. The number of rotatable bonds is 3. The molecule has 0 spiro atoms. The second-order valence-electron chi connectivity index (χ2n) is 9.67. The van der Waals surface area contributed by atoms with E-state index in [0.29, 0.717) is 0 Å². The van der Waals surface area contributed by atoms with E-state index in [2.05, 4.69) is 102 Å². The zero-order valence-corrected chi connectivity index (χ0v) is 21.7. The van der Waals surface area contributed by atoms with E-state index < -0.39 is 0 Å². The first-order valence-corrected chi connectivity index (χ1v) is 13.8. The van der Waals surface area contributed by atoms with Crippen LogP contribution in [0.5, 0.6) is 0 Å². The third-order valence-electron chi connectivity index (χ3n) is 7.34. The summed E-state index contributed by atoms with van der Waals surface area (Å²) in [6, 6.07) is 42.5. The third kappa shape index (κ3) is 3.69. The molecule has 0 amide bonds. The second kappa shape index (κ2) is 8.83. The lowest BCUT2D eigenvalue weighted by Gasteiger charge is -2.09. The molecule has 0 atom stereocenters. The first-order chi connectivity index (χ1) is 19.3. The van der Waals surface area contributed by atoms with E-state index in [1.54, 1.807) is 6.20 Å². The van der Waals surface area contributed by atoms with Crippen molar-refractivity contribution in [2.45, 2.75) is 0 Å². The van der Waals surface area contributed by atoms with E-state index >= 15 is 0 Å². The Kier molecular flexibility index (Phi) is 5.00. The molecule has 39 heavy (non-hydrogen) atoms. The summed E-state index contributed by atoms with van der Waals surface area (Å²) in [5.41, 5.74) is 8.01. The standard InChI is InChI=1S/C35H21N3S/c1-2-10-32-27(6-1)28-8-5-7-26(35(28)39-32)22-11-13-23(14-12-22)29-19-17-24-15-16-25-18-20-31(30-9-3-4-21-36-30)38-34(25)33(24)37-29/h1-21H. The van der Waals surface area contributed by atoms with Crippen LogP contribution < -0.4 is 0 Å². The van der Waals surface area contributed by atoms with E-state index in [-0.39, 0.29) is 0 Å². The van der Waals surface area contributed by atoms with Gasteiger partial charge in [0, 0.05) is 42.7 Å². The quantitative estimate of drug-likeness (QED) is 0.220. The zero-order valence-electron chi connectivity index (χ0n) is 20.9. The van der Waals surface area contributed by atoms with Gasteiger partial charge in [-0.25, -0.2) is 9.97 Å². The normalized spacial score (nSPS) is 11.6. The molecule has 0 saturated heterocycles. The number of hydrogen-bond acceptors (Lipinski definition) is 4. The summed E-state index contributed by atoms with van der Waals surface area (Å²) >= 11 is 1.86. The lowest BCUT2D eigenvalue weighted by Crippen LogP contribution is -1.92. The van der Waals surface area contributed by atoms with Gasteiger partial charge in [-0.1, -0.05) is 91.0 Å². The Balaban J connectivity index is 1.22. The minimum Gasteiger partial charge on any atom is -0.255 e. The SMILES string of the molecule is c1ccc(-c2ccc3ccc4ccc(-c5ccc(-c6cccc7c6sc6ccccc67)cc5)nc4c3n2)nc1. The first-order valence-electron chi connectivity index (χ1n) is 12.9. The molecule has 0 aliphatic heterocycles. The van der Waals surface area contributed by atoms with Crippen molar-refractivity contribution in [3.8, 4) is 33.8 Å². The summed E-state index contributed by atoms with van der Waals surface area (Å²) < 4.78 is 2.65. The van der Waals surface area contributed by atoms with Gasteiger partial charge in [0.25, 0.3) is 0 Å². The van der Waals surface area contributed by atoms with Gasteiger partial charge in [-0.2, -0.15) is 0 Å². The fraction of sp³-hybridized carbons (Fsp3) is 0. The van der Waals surface area contributed by atoms with Crippen LogP contribution in [0.3, 0.4) is 0 Å². The van der Waals surface area contributed by atoms with Gasteiger partial charge < -0.3 is 0 Å². The molecular weight excluding hydrogens is 494 g/mol. The van der Waals surface area contributed by atoms with Crippen LogP contribution in [0.4, 0.5) is 0 Å². The van der Waals surface area contributed by atoms with Crippen LogP contribution in [-0.2, 0) is 0 Å². The van der Waals surface area contributed by atoms with Crippen LogP contribution in [-0.4, -0.2) is 15.0 Å². The Labute approximate surface area is 229 Å². The molecule has 4 heterocycles. The van der Waals surface area contributed by atoms with Crippen LogP contribution in [0.2, 0.25) is 0 Å². The Morgan fingerprint density at radius 1 is 0.462 bits per heavy atom. The molecular formula is C35H21N3S. The fourth-order valence-electron chi connectivity index (χ4n) is 5.38. The average Bonchev–Trinajstić information content (AvgIpc) is 3.40. The van der Waals surface area contributed by atoms with Crippen LogP contribution >= 0.6 is 11.3 Å². The summed E-state index contributed by atoms with van der Waals surface area (Å²) in [7, 11) is 0. The first kappa shape index (κ1) is 22.1. The fourth-order valence-corrected chi connectivity index (χ4v) is 6.62. The van der Waals surface area contributed by atoms with E-state index in [1.165, 1.54) is 31.3 Å². The number of thiophene rings is 1. The van der Waals surface area contributed by atoms with Crippen LogP contribution in [0.25, 0.3) is 75.8 Å². The maximum absolute atomic E-state index is 5.11. The molecule has 8 rings (SSSR count). The smallest absolute Gasteiger partial charge is 0.0973 e. The molecule has 0 N–H and O–H groups in total. The van der Waals surface area contributed by atoms with Gasteiger partial charge in [-0.15, -0.1) is 11.3 Å². The van der Waals surface area contributed by atoms with Crippen molar-refractivity contribution in [2.75, 3.05) is 0 Å². The number of nitrogens with zero attached hydrogens (tertiary/aromatic N) is 3. The lowest BCUT2D eigenvalue weighted by atomic mass is 10.00. The van der Waals surface area contributed by atoms with Gasteiger partial charge in [0.05, 0.1) is 28.1 Å². The Hall–Kier alpha value is -4.93. The monoisotopic (exact) mass is 515 g/mol. The maximum Gasteiger partial charge on any atom is 0.0973 e. The van der Waals surface area contributed by atoms with Gasteiger partial charge in [-0.3, -0.25) is 4.98 Å². The van der Waals surface area contributed by atoms with Crippen molar-refractivity contribution in [3.63, 3.8) is 0 Å². The number of benzene rings is 4. The van der Waals surface area contributed by atoms with Crippen molar-refractivity contribution < 1.29 is 0 Å². The van der Waals surface area contributed by atoms with Gasteiger partial charge >= 0.3 is 0 Å². The Morgan fingerprint density at radius 3 is 1.92 bits per heavy atom. The summed E-state index contributed by atoms with van der Waals surface area (Å²) in [6.07, 6.45) is 1.80. The predicted molar refractivity (Wildman–Crippen MR) is 164 cm³/mol. The molecule has 4 aromatic heterocycles. The lowest BCUT2D eigenvalue weighted by molar-refractivity contribution is 1.27. The van der Waals surface area contributed by atoms with E-state index in [1.807, 2.05) is 35.6 Å². The van der Waals surface area contributed by atoms with Crippen molar-refractivity contribution >= 4 is 53.3 Å². The predicted octanol–water partition coefficient (Wildman–Crippen LogP) is 9.55. The van der Waals surface area contributed by atoms with Crippen molar-refractivity contribution in [2.24, 2.45) is 0 Å². The Bertz CT molecular complexity index is 2160. The van der Waals surface area contributed by atoms with Crippen LogP contribution in [0.15, 0.2) is 128 Å². The second-order valence-corrected chi connectivity index (χ2v) is 10.7. The van der Waals surface area contributed by atoms with E-state index in [4.69, 9.17) is 9.97 Å². The van der Waals surface area contributed by atoms with Gasteiger partial charge in [0.2, 0.25) is 0 Å². The summed E-state index contributed by atoms with van der Waals surface area (Å²) in [6.45, 7) is 0. The minimum atomic E-state index is 0.850. The van der Waals surface area contributed by atoms with Crippen molar-refractivity contribution in [1.82, 2.24) is 15.0 Å². The molecule has 0 aliphatic rings. The number of hydrogen-bond donors (Lipinski definition) is 0. The Morgan fingerprint density at radius 2 is 1.13 bits per heavy atom. The molecule has 0 bridgehead atoms. The topological polar surface area (TPSA) is 38.7 Å². The third-order valence-corrected chi connectivity index (χ3v) is 8.56. The highest BCUT2D eigenvalue weighted by Crippen LogP contribution is 2.40. The molecule has 0 radical (unpaired) electrons. The molecule has 0 unspecified atom stereocenters. The maximum atomic E-state index is 5.11. The number of pyridine rings is 3. The number of aromatic nitrogens is 3. The highest BCUT2D eigenvalue weighted by Gasteiger charge is 2.12. The zero-order chi connectivity index (χ0) is 25.8. The van der Waals surface area contributed by atoms with Crippen molar-refractivity contribution in [1.29, 1.82) is 0 Å². The highest BCUT2D eigenvalue weighted by molar-refractivity contribution is 7.26. The summed E-state index contributed by atoms with van der Waals surface area (Å²) in [4.78, 5) is 14.6. The summed E-state index contributed by atoms with van der Waals surface area (Å²) in [5.74, 6) is 0. The molecule has 4 aromatic carbocycles. The van der Waals surface area contributed by atoms with Crippen LogP contribution in [0.1, 0.15) is 0 Å². The molecule has 0 saturated carbocycles. The van der Waals surface area contributed by atoms with E-state index in [9.17, 15) is 0 Å². The average molecular weight is 516 g/mol. The van der Waals surface area contributed by atoms with E-state index in [0.717, 1.165) is 44.5 Å². The largest absolute Gasteiger partial charge is 0.255 e. The molecule has 182 valence electrons. The highest BCUT2D eigenvalue weighted by atomic mass is 32.1.